The van der Waals surface area contributed by atoms with Gasteiger partial charge in [0.2, 0.25) is 0 Å². The predicted molar refractivity (Wildman–Crippen MR) is 185 cm³/mol. The Balaban J connectivity index is 1.50. The fraction of sp³-hybridized carbons (Fsp3) is 0.0256. The molecule has 2 aliphatic heterocycles. The maximum absolute atomic E-state index is 5.28. The summed E-state index contributed by atoms with van der Waals surface area (Å²) < 4.78 is 0. The molecule has 5 heteroatoms. The molecule has 210 valence electrons. The summed E-state index contributed by atoms with van der Waals surface area (Å²) in [6, 6.07) is 40.1. The second-order valence-electron chi connectivity index (χ2n) is 10.9. The van der Waals surface area contributed by atoms with E-state index in [4.69, 9.17) is 9.97 Å². The Morgan fingerprint density at radius 2 is 0.977 bits per heavy atom. The fourth-order valence-corrected chi connectivity index (χ4v) is 6.85. The van der Waals surface area contributed by atoms with Gasteiger partial charge in [0.05, 0.1) is 27.7 Å². The van der Waals surface area contributed by atoms with Crippen molar-refractivity contribution in [3.63, 3.8) is 0 Å². The summed E-state index contributed by atoms with van der Waals surface area (Å²) in [4.78, 5) is 20.1. The van der Waals surface area contributed by atoms with Crippen LogP contribution >= 0.6 is 11.8 Å². The van der Waals surface area contributed by atoms with Crippen molar-refractivity contribution in [2.45, 2.75) is 16.7 Å². The lowest BCUT2D eigenvalue weighted by Gasteiger charge is -2.08. The molecule has 8 rings (SSSR count). The van der Waals surface area contributed by atoms with Crippen LogP contribution in [0.3, 0.4) is 0 Å². The summed E-state index contributed by atoms with van der Waals surface area (Å²) in [7, 11) is 0. The lowest BCUT2D eigenvalue weighted by atomic mass is 10.0. The number of aromatic amines is 2. The summed E-state index contributed by atoms with van der Waals surface area (Å²) in [5, 5.41) is 0. The molecule has 3 aromatic carbocycles. The van der Waals surface area contributed by atoms with Gasteiger partial charge in [-0.1, -0.05) is 90.6 Å². The van der Waals surface area contributed by atoms with Crippen LogP contribution in [0.5, 0.6) is 0 Å². The van der Waals surface area contributed by atoms with Crippen LogP contribution in [0.1, 0.15) is 28.3 Å². The number of H-pyrrole nitrogens is 2. The van der Waals surface area contributed by atoms with E-state index in [1.165, 1.54) is 10.5 Å². The Morgan fingerprint density at radius 1 is 0.500 bits per heavy atom. The molecule has 0 amide bonds. The minimum Gasteiger partial charge on any atom is -0.355 e. The van der Waals surface area contributed by atoms with Gasteiger partial charge in [-0.05, 0) is 84.3 Å². The Bertz CT molecular complexity index is 2120. The van der Waals surface area contributed by atoms with Gasteiger partial charge < -0.3 is 9.97 Å². The number of fused-ring (bicyclic) bond motifs is 8. The Hall–Kier alpha value is -5.39. The molecule has 6 aromatic rings. The molecule has 2 aliphatic rings. The quantitative estimate of drug-likeness (QED) is 0.216. The fourth-order valence-electron chi connectivity index (χ4n) is 5.82. The molecule has 0 fully saturated rings. The highest BCUT2D eigenvalue weighted by Gasteiger charge is 2.18. The first-order chi connectivity index (χ1) is 21.7. The van der Waals surface area contributed by atoms with E-state index >= 15 is 0 Å². The zero-order chi connectivity index (χ0) is 29.5. The van der Waals surface area contributed by atoms with E-state index in [0.717, 1.165) is 72.0 Å². The van der Waals surface area contributed by atoms with Gasteiger partial charge in [-0.2, -0.15) is 0 Å². The molecule has 5 heterocycles. The zero-order valence-electron chi connectivity index (χ0n) is 24.1. The first-order valence-electron chi connectivity index (χ1n) is 14.7. The van der Waals surface area contributed by atoms with Crippen molar-refractivity contribution < 1.29 is 0 Å². The summed E-state index contributed by atoms with van der Waals surface area (Å²) in [6.07, 6.45) is 8.50. The zero-order valence-corrected chi connectivity index (χ0v) is 24.9. The lowest BCUT2D eigenvalue weighted by Crippen LogP contribution is -1.90. The standard InChI is InChI=1S/C39H28N4S/c1-25-10-8-9-15-36(25)44-39-34-22-20-32(42-34)37(26-11-4-2-5-12-26)30-18-16-28(40-30)24-29-17-19-31(41-29)38(27-13-6-3-7-14-27)33-21-23-35(39)43-33/h2-24,40-41H,1H3. The van der Waals surface area contributed by atoms with Gasteiger partial charge >= 0.3 is 0 Å². The molecule has 0 unspecified atom stereocenters. The van der Waals surface area contributed by atoms with Crippen LogP contribution in [-0.2, 0) is 0 Å². The number of benzene rings is 3. The van der Waals surface area contributed by atoms with Crippen molar-refractivity contribution in [3.8, 4) is 22.3 Å². The van der Waals surface area contributed by atoms with Crippen molar-refractivity contribution in [2.75, 3.05) is 0 Å². The molecule has 8 bridgehead atoms. The molecule has 2 N–H and O–H groups in total. The molecule has 0 atom stereocenters. The highest BCUT2D eigenvalue weighted by Crippen LogP contribution is 2.39. The van der Waals surface area contributed by atoms with Crippen LogP contribution in [0.4, 0.5) is 0 Å². The molecule has 0 saturated carbocycles. The third-order valence-electron chi connectivity index (χ3n) is 7.95. The number of hydrogen-bond donors (Lipinski definition) is 2. The van der Waals surface area contributed by atoms with E-state index in [-0.39, 0.29) is 0 Å². The highest BCUT2D eigenvalue weighted by atomic mass is 32.2. The molecular formula is C39H28N4S. The number of nitrogens with zero attached hydrogens (tertiary/aromatic N) is 2. The number of aromatic nitrogens is 4. The number of nitrogens with one attached hydrogen (secondary N) is 2. The van der Waals surface area contributed by atoms with Crippen molar-refractivity contribution in [1.82, 2.24) is 19.9 Å². The van der Waals surface area contributed by atoms with Crippen LogP contribution in [0.2, 0.25) is 0 Å². The average molecular weight is 585 g/mol. The van der Waals surface area contributed by atoms with Crippen molar-refractivity contribution >= 4 is 58.1 Å². The summed E-state index contributed by atoms with van der Waals surface area (Å²) >= 11 is 1.72. The SMILES string of the molecule is Cc1ccccc1Sc1c2nc(c(-c3ccccc3)c3ccc(cc4ccc([nH]4)c(-c4ccccc4)c4nc1C=C4)[nH]3)C=C2. The molecule has 0 aliphatic carbocycles. The van der Waals surface area contributed by atoms with E-state index < -0.39 is 0 Å². The number of hydrogen-bond acceptors (Lipinski definition) is 3. The summed E-state index contributed by atoms with van der Waals surface area (Å²) in [6.45, 7) is 2.15. The lowest BCUT2D eigenvalue weighted by molar-refractivity contribution is 1.17. The van der Waals surface area contributed by atoms with E-state index in [1.807, 2.05) is 12.1 Å². The Kier molecular flexibility index (Phi) is 6.58. The highest BCUT2D eigenvalue weighted by molar-refractivity contribution is 7.99. The topological polar surface area (TPSA) is 57.4 Å². The maximum Gasteiger partial charge on any atom is 0.0799 e. The van der Waals surface area contributed by atoms with Gasteiger partial charge in [0.15, 0.2) is 0 Å². The van der Waals surface area contributed by atoms with Crippen LogP contribution in [0.15, 0.2) is 125 Å². The van der Waals surface area contributed by atoms with Crippen LogP contribution in [-0.4, -0.2) is 19.9 Å². The van der Waals surface area contributed by atoms with Gasteiger partial charge in [-0.3, -0.25) is 0 Å². The monoisotopic (exact) mass is 584 g/mol. The van der Waals surface area contributed by atoms with Crippen molar-refractivity contribution in [2.24, 2.45) is 0 Å². The smallest absolute Gasteiger partial charge is 0.0799 e. The second-order valence-corrected chi connectivity index (χ2v) is 12.0. The number of aryl methyl sites for hydroxylation is 1. The second kappa shape index (κ2) is 11.0. The minimum absolute atomic E-state index is 0.903. The van der Waals surface area contributed by atoms with Crippen molar-refractivity contribution in [3.05, 3.63) is 144 Å². The van der Waals surface area contributed by atoms with E-state index in [0.29, 0.717) is 0 Å². The van der Waals surface area contributed by atoms with Crippen LogP contribution in [0.25, 0.3) is 68.6 Å². The van der Waals surface area contributed by atoms with Gasteiger partial charge in [-0.15, -0.1) is 0 Å². The van der Waals surface area contributed by atoms with Gasteiger partial charge in [-0.25, -0.2) is 9.97 Å². The van der Waals surface area contributed by atoms with E-state index in [9.17, 15) is 0 Å². The third kappa shape index (κ3) is 4.87. The first kappa shape index (κ1) is 26.3. The molecule has 0 saturated heterocycles. The number of rotatable bonds is 4. The van der Waals surface area contributed by atoms with Crippen LogP contribution in [0, 0.1) is 6.92 Å². The van der Waals surface area contributed by atoms with Crippen LogP contribution < -0.4 is 0 Å². The Morgan fingerprint density at radius 3 is 1.50 bits per heavy atom. The Labute approximate surface area is 259 Å². The average Bonchev–Trinajstić information content (AvgIpc) is 3.88. The first-order valence-corrected chi connectivity index (χ1v) is 15.5. The molecular weight excluding hydrogens is 557 g/mol. The van der Waals surface area contributed by atoms with E-state index in [2.05, 4.69) is 144 Å². The molecule has 44 heavy (non-hydrogen) atoms. The third-order valence-corrected chi connectivity index (χ3v) is 9.26. The predicted octanol–water partition coefficient (Wildman–Crippen LogP) is 10.4. The largest absolute Gasteiger partial charge is 0.355 e. The van der Waals surface area contributed by atoms with Gasteiger partial charge in [0, 0.05) is 38.1 Å². The summed E-state index contributed by atoms with van der Waals surface area (Å²) in [5.41, 5.74) is 13.3. The van der Waals surface area contributed by atoms with Crippen molar-refractivity contribution in [1.29, 1.82) is 0 Å². The minimum atomic E-state index is 0.903. The molecule has 0 spiro atoms. The molecule has 0 radical (unpaired) electrons. The van der Waals surface area contributed by atoms with Gasteiger partial charge in [0.1, 0.15) is 0 Å². The summed E-state index contributed by atoms with van der Waals surface area (Å²) in [5.74, 6) is 0. The normalized spacial score (nSPS) is 12.1. The van der Waals surface area contributed by atoms with E-state index in [1.54, 1.807) is 11.8 Å². The molecule has 3 aromatic heterocycles. The molecule has 4 nitrogen and oxygen atoms in total. The maximum atomic E-state index is 5.28. The van der Waals surface area contributed by atoms with Gasteiger partial charge in [0.25, 0.3) is 0 Å².